The molecule has 0 heterocycles. The lowest BCUT2D eigenvalue weighted by Crippen LogP contribution is -2.14. The molecule has 0 fully saturated rings. The van der Waals surface area contributed by atoms with Crippen LogP contribution in [0.2, 0.25) is 0 Å². The number of fused-ring (bicyclic) bond motifs is 8. The fourth-order valence-electron chi connectivity index (χ4n) is 6.83. The number of rotatable bonds is 16. The zero-order chi connectivity index (χ0) is 38.6. The lowest BCUT2D eigenvalue weighted by molar-refractivity contribution is 0.0701. The van der Waals surface area contributed by atoms with E-state index in [-0.39, 0.29) is 6.61 Å². The molecule has 5 aromatic rings. The van der Waals surface area contributed by atoms with Crippen LogP contribution in [0.5, 0.6) is 34.5 Å². The molecule has 6 rings (SSSR count). The maximum atomic E-state index is 11.4. The second kappa shape index (κ2) is 20.4. The summed E-state index contributed by atoms with van der Waals surface area (Å²) in [7, 11) is 3.41. The van der Waals surface area contributed by atoms with Gasteiger partial charge in [-0.1, -0.05) is 72.8 Å². The van der Waals surface area contributed by atoms with Crippen molar-refractivity contribution in [1.82, 2.24) is 0 Å². The Labute approximate surface area is 350 Å². The molecular formula is C44H46I2O9. The van der Waals surface area contributed by atoms with Gasteiger partial charge in [0.05, 0.1) is 54.4 Å². The second-order valence-corrected chi connectivity index (χ2v) is 15.3. The van der Waals surface area contributed by atoms with Crippen molar-refractivity contribution in [2.75, 3.05) is 67.1 Å². The summed E-state index contributed by atoms with van der Waals surface area (Å²) in [5.74, 6) is 4.26. The number of para-hydroxylation sites is 4. The van der Waals surface area contributed by atoms with Crippen molar-refractivity contribution < 1.29 is 43.4 Å². The van der Waals surface area contributed by atoms with E-state index in [0.717, 1.165) is 80.4 Å². The Morgan fingerprint density at radius 1 is 0.473 bits per heavy atom. The highest BCUT2D eigenvalue weighted by Gasteiger charge is 2.20. The summed E-state index contributed by atoms with van der Waals surface area (Å²) < 4.78 is 43.7. The fraction of sp³-hybridized carbons (Fsp3) is 0.318. The third kappa shape index (κ3) is 10.6. The van der Waals surface area contributed by atoms with Gasteiger partial charge in [0.25, 0.3) is 0 Å². The Morgan fingerprint density at radius 3 is 1.22 bits per heavy atom. The molecule has 5 aromatic carbocycles. The molecule has 290 valence electrons. The number of aliphatic hydroxyl groups excluding tert-OH is 1. The first-order valence-corrected chi connectivity index (χ1v) is 20.4. The van der Waals surface area contributed by atoms with Gasteiger partial charge >= 0.3 is 0 Å². The van der Waals surface area contributed by atoms with Crippen LogP contribution in [0.3, 0.4) is 0 Å². The number of methoxy groups -OCH3 is 2. The highest BCUT2D eigenvalue weighted by molar-refractivity contribution is 14.1. The van der Waals surface area contributed by atoms with Crippen molar-refractivity contribution in [2.45, 2.75) is 25.7 Å². The second-order valence-electron chi connectivity index (χ2n) is 13.0. The Bertz CT molecular complexity index is 1960. The van der Waals surface area contributed by atoms with Crippen molar-refractivity contribution >= 4 is 45.2 Å². The highest BCUT2D eigenvalue weighted by atomic mass is 127. The van der Waals surface area contributed by atoms with Gasteiger partial charge in [0.1, 0.15) is 54.3 Å². The lowest BCUT2D eigenvalue weighted by atomic mass is 9.91. The summed E-state index contributed by atoms with van der Waals surface area (Å²) in [6.45, 7) is 2.63. The molecule has 0 aromatic heterocycles. The number of hydrogen-bond acceptors (Lipinski definition) is 9. The maximum Gasteiger partial charge on any atom is 0.134 e. The van der Waals surface area contributed by atoms with Crippen LogP contribution in [0.15, 0.2) is 84.9 Å². The largest absolute Gasteiger partial charge is 0.507 e. The van der Waals surface area contributed by atoms with Crippen LogP contribution in [0, 0.1) is 7.14 Å². The summed E-state index contributed by atoms with van der Waals surface area (Å²) in [4.78, 5) is 0. The van der Waals surface area contributed by atoms with Gasteiger partial charge in [-0.05, 0) is 102 Å². The van der Waals surface area contributed by atoms with Crippen molar-refractivity contribution in [3.8, 4) is 34.5 Å². The van der Waals surface area contributed by atoms with E-state index in [1.807, 2.05) is 30.3 Å². The van der Waals surface area contributed by atoms with Gasteiger partial charge in [-0.3, -0.25) is 0 Å². The Morgan fingerprint density at radius 2 is 0.818 bits per heavy atom. The van der Waals surface area contributed by atoms with E-state index < -0.39 is 0 Å². The molecule has 1 aliphatic rings. The first-order chi connectivity index (χ1) is 26.9. The third-order valence-corrected chi connectivity index (χ3v) is 11.0. The van der Waals surface area contributed by atoms with Crippen LogP contribution in [0.1, 0.15) is 44.5 Å². The predicted molar refractivity (Wildman–Crippen MR) is 229 cm³/mol. The molecule has 0 radical (unpaired) electrons. The van der Waals surface area contributed by atoms with Crippen molar-refractivity contribution in [1.29, 1.82) is 0 Å². The number of hydrogen-bond donors (Lipinski definition) is 2. The number of phenolic OH excluding ortho intramolecular Hbond substituents is 1. The number of aromatic hydroxyl groups is 1. The van der Waals surface area contributed by atoms with Gasteiger partial charge in [-0.2, -0.15) is 0 Å². The molecule has 1 aliphatic carbocycles. The molecular weight excluding hydrogens is 926 g/mol. The lowest BCUT2D eigenvalue weighted by Gasteiger charge is -2.21. The zero-order valence-electron chi connectivity index (χ0n) is 31.1. The van der Waals surface area contributed by atoms with Gasteiger partial charge in [0, 0.05) is 25.7 Å². The van der Waals surface area contributed by atoms with Gasteiger partial charge in [-0.25, -0.2) is 0 Å². The van der Waals surface area contributed by atoms with Crippen LogP contribution in [0.4, 0.5) is 0 Å². The van der Waals surface area contributed by atoms with Crippen LogP contribution >= 0.6 is 45.2 Å². The monoisotopic (exact) mass is 972 g/mol. The van der Waals surface area contributed by atoms with Gasteiger partial charge in [0.15, 0.2) is 0 Å². The molecule has 2 N–H and O–H groups in total. The molecule has 0 amide bonds. The molecule has 0 spiro atoms. The molecule has 0 unspecified atom stereocenters. The average molecular weight is 973 g/mol. The van der Waals surface area contributed by atoms with Gasteiger partial charge in [-0.15, -0.1) is 0 Å². The third-order valence-electron chi connectivity index (χ3n) is 9.34. The predicted octanol–water partition coefficient (Wildman–Crippen LogP) is 8.16. The summed E-state index contributed by atoms with van der Waals surface area (Å²) in [6, 6.07) is 28.5. The summed E-state index contributed by atoms with van der Waals surface area (Å²) in [5.41, 5.74) is 7.84. The first kappa shape index (κ1) is 40.9. The molecule has 0 saturated heterocycles. The molecule has 55 heavy (non-hydrogen) atoms. The van der Waals surface area contributed by atoms with Gasteiger partial charge in [0.2, 0.25) is 0 Å². The van der Waals surface area contributed by atoms with E-state index in [9.17, 15) is 5.11 Å². The Kier molecular flexibility index (Phi) is 15.2. The van der Waals surface area contributed by atoms with Crippen LogP contribution in [-0.2, 0) is 35.2 Å². The standard InChI is InChI=1S/C44H46I2O9/c1-49-42-31-9-4-11-33(42)25-35-13-6-14-36(26-34-12-5-10-32(43(34)50-2)24-30-8-3-7-29(23-31)41(30)48)44(35)55-22-19-52-18-21-54-40-28-37(45)39(27-38(40)46)53-20-17-51-16-15-47/h3-14,27-28,47-48H,15-26H2,1-2H3. The van der Waals surface area contributed by atoms with E-state index in [1.165, 1.54) is 0 Å². The SMILES string of the molecule is COc1c2cccc1Cc1cccc(c1OCCOCCOc1cc(I)c(OCCOCCO)cc1I)Cc1cccc(c1OC)Cc1cccc(c1O)C2. The van der Waals surface area contributed by atoms with E-state index in [0.29, 0.717) is 77.7 Å². The smallest absolute Gasteiger partial charge is 0.134 e. The zero-order valence-corrected chi connectivity index (χ0v) is 35.4. The maximum absolute atomic E-state index is 11.4. The molecule has 9 nitrogen and oxygen atoms in total. The van der Waals surface area contributed by atoms with Gasteiger partial charge < -0.3 is 43.4 Å². The minimum Gasteiger partial charge on any atom is -0.507 e. The van der Waals surface area contributed by atoms with Crippen molar-refractivity contribution in [3.05, 3.63) is 137 Å². The normalized spacial score (nSPS) is 12.2. The number of aliphatic hydroxyl groups is 1. The quantitative estimate of drug-likeness (QED) is 0.0735. The minimum absolute atomic E-state index is 0.00525. The van der Waals surface area contributed by atoms with E-state index in [4.69, 9.17) is 38.3 Å². The first-order valence-electron chi connectivity index (χ1n) is 18.2. The Hall–Kier alpha value is -3.76. The van der Waals surface area contributed by atoms with Crippen molar-refractivity contribution in [2.24, 2.45) is 0 Å². The molecule has 0 atom stereocenters. The van der Waals surface area contributed by atoms with E-state index in [2.05, 4.69) is 99.8 Å². The van der Waals surface area contributed by atoms with Crippen LogP contribution in [-0.4, -0.2) is 77.3 Å². The number of benzene rings is 5. The number of ether oxygens (including phenoxy) is 7. The molecule has 0 saturated carbocycles. The molecule has 8 bridgehead atoms. The molecule has 0 aliphatic heterocycles. The summed E-state index contributed by atoms with van der Waals surface area (Å²) in [5, 5.41) is 20.3. The number of phenols is 1. The fourth-order valence-corrected chi connectivity index (χ4v) is 8.02. The average Bonchev–Trinajstić information content (AvgIpc) is 3.18. The topological polar surface area (TPSA) is 105 Å². The summed E-state index contributed by atoms with van der Waals surface area (Å²) >= 11 is 4.47. The van der Waals surface area contributed by atoms with Crippen LogP contribution < -0.4 is 23.7 Å². The summed E-state index contributed by atoms with van der Waals surface area (Å²) in [6.07, 6.45) is 2.24. The van der Waals surface area contributed by atoms with E-state index >= 15 is 0 Å². The molecule has 11 heteroatoms. The highest BCUT2D eigenvalue weighted by Crippen LogP contribution is 2.38. The minimum atomic E-state index is -0.00525. The van der Waals surface area contributed by atoms with Crippen LogP contribution in [0.25, 0.3) is 0 Å². The Balaban J connectivity index is 1.17. The van der Waals surface area contributed by atoms with E-state index in [1.54, 1.807) is 14.2 Å². The number of halogens is 2. The van der Waals surface area contributed by atoms with Crippen molar-refractivity contribution in [3.63, 3.8) is 0 Å².